The van der Waals surface area contributed by atoms with E-state index in [0.29, 0.717) is 32.6 Å². The molecule has 1 saturated heterocycles. The lowest BCUT2D eigenvalue weighted by molar-refractivity contribution is -0.132. The van der Waals surface area contributed by atoms with Crippen molar-refractivity contribution in [1.29, 1.82) is 0 Å². The van der Waals surface area contributed by atoms with E-state index in [0.717, 1.165) is 5.56 Å². The van der Waals surface area contributed by atoms with Crippen molar-refractivity contribution in [3.63, 3.8) is 0 Å². The molecular weight excluding hydrogens is 254 g/mol. The highest BCUT2D eigenvalue weighted by Crippen LogP contribution is 2.08. The van der Waals surface area contributed by atoms with Gasteiger partial charge in [-0.25, -0.2) is 0 Å². The third-order valence-electron chi connectivity index (χ3n) is 3.58. The maximum absolute atomic E-state index is 12.2. The summed E-state index contributed by atoms with van der Waals surface area (Å²) >= 11 is 0. The maximum Gasteiger partial charge on any atom is 0.231 e. The van der Waals surface area contributed by atoms with Crippen LogP contribution in [-0.2, 0) is 16.0 Å². The molecule has 0 aromatic heterocycles. The van der Waals surface area contributed by atoms with Gasteiger partial charge in [-0.3, -0.25) is 14.5 Å². The molecule has 5 nitrogen and oxygen atoms in total. The SMILES string of the molecule is Cc1ccc(CC(=O)N2CCN(CC(N)=O)CC2)cc1. The van der Waals surface area contributed by atoms with E-state index in [4.69, 9.17) is 5.73 Å². The van der Waals surface area contributed by atoms with Crippen LogP contribution in [0.2, 0.25) is 0 Å². The van der Waals surface area contributed by atoms with Gasteiger partial charge in [0.15, 0.2) is 0 Å². The van der Waals surface area contributed by atoms with E-state index in [-0.39, 0.29) is 18.4 Å². The summed E-state index contributed by atoms with van der Waals surface area (Å²) in [6.07, 6.45) is 0.441. The van der Waals surface area contributed by atoms with Gasteiger partial charge in [0.1, 0.15) is 0 Å². The number of amides is 2. The Labute approximate surface area is 119 Å². The van der Waals surface area contributed by atoms with E-state index in [2.05, 4.69) is 0 Å². The van der Waals surface area contributed by atoms with Crippen molar-refractivity contribution in [3.05, 3.63) is 35.4 Å². The lowest BCUT2D eigenvalue weighted by Gasteiger charge is -2.34. The third kappa shape index (κ3) is 4.06. The molecule has 1 aromatic rings. The van der Waals surface area contributed by atoms with E-state index in [1.54, 1.807) is 0 Å². The molecule has 0 aliphatic carbocycles. The van der Waals surface area contributed by atoms with Crippen molar-refractivity contribution in [2.75, 3.05) is 32.7 Å². The Bertz CT molecular complexity index is 476. The van der Waals surface area contributed by atoms with Crippen molar-refractivity contribution < 1.29 is 9.59 Å². The summed E-state index contributed by atoms with van der Waals surface area (Å²) in [7, 11) is 0. The summed E-state index contributed by atoms with van der Waals surface area (Å²) in [5.74, 6) is -0.169. The molecule has 0 radical (unpaired) electrons. The Morgan fingerprint density at radius 2 is 1.70 bits per heavy atom. The number of piperazine rings is 1. The Balaban J connectivity index is 1.82. The van der Waals surface area contributed by atoms with Crippen LogP contribution in [-0.4, -0.2) is 54.3 Å². The first-order valence-corrected chi connectivity index (χ1v) is 6.88. The van der Waals surface area contributed by atoms with Gasteiger partial charge in [0.05, 0.1) is 13.0 Å². The number of nitrogens with two attached hydrogens (primary N) is 1. The maximum atomic E-state index is 12.2. The van der Waals surface area contributed by atoms with E-state index < -0.39 is 0 Å². The molecule has 2 N–H and O–H groups in total. The normalized spacial score (nSPS) is 16.1. The summed E-state index contributed by atoms with van der Waals surface area (Å²) in [6.45, 7) is 5.06. The van der Waals surface area contributed by atoms with Crippen molar-refractivity contribution in [3.8, 4) is 0 Å². The summed E-state index contributed by atoms with van der Waals surface area (Å²) in [5.41, 5.74) is 7.41. The molecule has 1 aliphatic rings. The predicted molar refractivity (Wildman–Crippen MR) is 77.1 cm³/mol. The van der Waals surface area contributed by atoms with Crippen molar-refractivity contribution in [2.45, 2.75) is 13.3 Å². The molecule has 0 spiro atoms. The van der Waals surface area contributed by atoms with Gasteiger partial charge >= 0.3 is 0 Å². The number of hydrogen-bond acceptors (Lipinski definition) is 3. The molecule has 2 amide bonds. The Morgan fingerprint density at radius 3 is 2.25 bits per heavy atom. The number of nitrogens with zero attached hydrogens (tertiary/aromatic N) is 2. The van der Waals surface area contributed by atoms with Crippen molar-refractivity contribution >= 4 is 11.8 Å². The van der Waals surface area contributed by atoms with Gasteiger partial charge in [-0.15, -0.1) is 0 Å². The van der Waals surface area contributed by atoms with Crippen LogP contribution in [0.1, 0.15) is 11.1 Å². The number of carbonyl (C=O) groups excluding carboxylic acids is 2. The van der Waals surface area contributed by atoms with Gasteiger partial charge in [-0.2, -0.15) is 0 Å². The summed E-state index contributed by atoms with van der Waals surface area (Å²) < 4.78 is 0. The fourth-order valence-corrected chi connectivity index (χ4v) is 2.37. The number of primary amides is 1. The van der Waals surface area contributed by atoms with Crippen LogP contribution >= 0.6 is 0 Å². The van der Waals surface area contributed by atoms with Gasteiger partial charge in [0.25, 0.3) is 0 Å². The molecular formula is C15H21N3O2. The molecule has 2 rings (SSSR count). The second kappa shape index (κ2) is 6.52. The number of rotatable bonds is 4. The highest BCUT2D eigenvalue weighted by molar-refractivity contribution is 5.79. The topological polar surface area (TPSA) is 66.6 Å². The fraction of sp³-hybridized carbons (Fsp3) is 0.467. The van der Waals surface area contributed by atoms with Crippen LogP contribution in [0.15, 0.2) is 24.3 Å². The quantitative estimate of drug-likeness (QED) is 0.851. The minimum atomic E-state index is -0.315. The molecule has 1 aliphatic heterocycles. The van der Waals surface area contributed by atoms with E-state index in [1.807, 2.05) is 41.0 Å². The van der Waals surface area contributed by atoms with Crippen LogP contribution in [0, 0.1) is 6.92 Å². The molecule has 1 aromatic carbocycles. The third-order valence-corrected chi connectivity index (χ3v) is 3.58. The molecule has 0 atom stereocenters. The molecule has 0 bridgehead atoms. The summed E-state index contributed by atoms with van der Waals surface area (Å²) in [6, 6.07) is 8.04. The van der Waals surface area contributed by atoms with Gasteiger partial charge in [-0.05, 0) is 12.5 Å². The Hall–Kier alpha value is -1.88. The molecule has 20 heavy (non-hydrogen) atoms. The van der Waals surface area contributed by atoms with E-state index >= 15 is 0 Å². The van der Waals surface area contributed by atoms with Crippen molar-refractivity contribution in [1.82, 2.24) is 9.80 Å². The first-order valence-electron chi connectivity index (χ1n) is 6.88. The number of aryl methyl sites for hydroxylation is 1. The lowest BCUT2D eigenvalue weighted by atomic mass is 10.1. The second-order valence-corrected chi connectivity index (χ2v) is 5.29. The van der Waals surface area contributed by atoms with Crippen LogP contribution in [0.5, 0.6) is 0 Å². The number of carbonyl (C=O) groups is 2. The van der Waals surface area contributed by atoms with Crippen LogP contribution in [0.25, 0.3) is 0 Å². The standard InChI is InChI=1S/C15H21N3O2/c1-12-2-4-13(5-3-12)10-15(20)18-8-6-17(7-9-18)11-14(16)19/h2-5H,6-11H2,1H3,(H2,16,19). The zero-order valence-corrected chi connectivity index (χ0v) is 11.8. The highest BCUT2D eigenvalue weighted by atomic mass is 16.2. The number of benzene rings is 1. The molecule has 0 saturated carbocycles. The van der Waals surface area contributed by atoms with Gasteiger partial charge < -0.3 is 10.6 Å². The largest absolute Gasteiger partial charge is 0.369 e. The van der Waals surface area contributed by atoms with Crippen LogP contribution < -0.4 is 5.73 Å². The van der Waals surface area contributed by atoms with E-state index in [9.17, 15) is 9.59 Å². The molecule has 0 unspecified atom stereocenters. The van der Waals surface area contributed by atoms with Crippen LogP contribution in [0.4, 0.5) is 0 Å². The van der Waals surface area contributed by atoms with Crippen LogP contribution in [0.3, 0.4) is 0 Å². The number of hydrogen-bond donors (Lipinski definition) is 1. The monoisotopic (exact) mass is 275 g/mol. The second-order valence-electron chi connectivity index (χ2n) is 5.29. The first kappa shape index (κ1) is 14.5. The highest BCUT2D eigenvalue weighted by Gasteiger charge is 2.21. The zero-order valence-electron chi connectivity index (χ0n) is 11.8. The summed E-state index contributed by atoms with van der Waals surface area (Å²) in [5, 5.41) is 0. The molecule has 1 heterocycles. The van der Waals surface area contributed by atoms with E-state index in [1.165, 1.54) is 5.56 Å². The average Bonchev–Trinajstić information content (AvgIpc) is 2.41. The lowest BCUT2D eigenvalue weighted by Crippen LogP contribution is -2.50. The summed E-state index contributed by atoms with van der Waals surface area (Å²) in [4.78, 5) is 26.9. The van der Waals surface area contributed by atoms with Crippen molar-refractivity contribution in [2.24, 2.45) is 5.73 Å². The van der Waals surface area contributed by atoms with Gasteiger partial charge in [-0.1, -0.05) is 29.8 Å². The molecule has 108 valence electrons. The smallest absolute Gasteiger partial charge is 0.231 e. The molecule has 5 heteroatoms. The van der Waals surface area contributed by atoms with Gasteiger partial charge in [0.2, 0.25) is 11.8 Å². The average molecular weight is 275 g/mol. The fourth-order valence-electron chi connectivity index (χ4n) is 2.37. The minimum absolute atomic E-state index is 0.146. The molecule has 1 fully saturated rings. The Morgan fingerprint density at radius 1 is 1.10 bits per heavy atom. The Kier molecular flexibility index (Phi) is 4.74. The predicted octanol–water partition coefficient (Wildman–Crippen LogP) is 0.167. The zero-order chi connectivity index (χ0) is 14.5. The van der Waals surface area contributed by atoms with Gasteiger partial charge in [0, 0.05) is 26.2 Å². The first-order chi connectivity index (χ1) is 9.54. The minimum Gasteiger partial charge on any atom is -0.369 e.